The van der Waals surface area contributed by atoms with Gasteiger partial charge < -0.3 is 15.5 Å². The molecule has 5 nitrogen and oxygen atoms in total. The Morgan fingerprint density at radius 1 is 1.08 bits per heavy atom. The minimum atomic E-state index is -0.153. The fraction of sp³-hybridized carbons (Fsp3) is 0.222. The quantitative estimate of drug-likeness (QED) is 0.846. The second-order valence-corrected chi connectivity index (χ2v) is 5.91. The van der Waals surface area contributed by atoms with Crippen LogP contribution in [0.4, 0.5) is 5.69 Å². The lowest BCUT2D eigenvalue weighted by Gasteiger charge is -2.12. The van der Waals surface area contributed by atoms with E-state index >= 15 is 0 Å². The summed E-state index contributed by atoms with van der Waals surface area (Å²) in [5.74, 6) is -0.235. The third kappa shape index (κ3) is 4.99. The number of halogens is 1. The van der Waals surface area contributed by atoms with Crippen molar-refractivity contribution in [3.8, 4) is 0 Å². The largest absolute Gasteiger partial charge is 0.376 e. The second kappa shape index (κ2) is 8.36. The summed E-state index contributed by atoms with van der Waals surface area (Å²) in [5, 5.41) is 6.44. The number of rotatable bonds is 6. The molecule has 24 heavy (non-hydrogen) atoms. The van der Waals surface area contributed by atoms with Crippen molar-refractivity contribution in [3.63, 3.8) is 0 Å². The van der Waals surface area contributed by atoms with E-state index in [1.165, 1.54) is 4.90 Å². The standard InChI is InChI=1S/C18H20ClN3O2/c1-22(2)18(24)13-7-5-8-15(10-13)20-12-17(23)21-11-14-6-3-4-9-16(14)19/h3-10,20H,11-12H2,1-2H3,(H,21,23). The van der Waals surface area contributed by atoms with E-state index in [0.717, 1.165) is 11.3 Å². The first-order chi connectivity index (χ1) is 11.5. The molecule has 2 aromatic carbocycles. The van der Waals surface area contributed by atoms with E-state index in [1.54, 1.807) is 38.4 Å². The van der Waals surface area contributed by atoms with E-state index in [4.69, 9.17) is 11.6 Å². The van der Waals surface area contributed by atoms with Crippen molar-refractivity contribution in [2.75, 3.05) is 26.0 Å². The van der Waals surface area contributed by atoms with Crippen LogP contribution in [0.5, 0.6) is 0 Å². The first-order valence-electron chi connectivity index (χ1n) is 7.53. The molecule has 2 rings (SSSR count). The molecule has 2 amide bonds. The van der Waals surface area contributed by atoms with Crippen molar-refractivity contribution in [2.45, 2.75) is 6.54 Å². The number of carbonyl (C=O) groups is 2. The van der Waals surface area contributed by atoms with Gasteiger partial charge in [0.05, 0.1) is 6.54 Å². The van der Waals surface area contributed by atoms with Crippen molar-refractivity contribution >= 4 is 29.1 Å². The van der Waals surface area contributed by atoms with Crippen LogP contribution in [0.1, 0.15) is 15.9 Å². The Morgan fingerprint density at radius 3 is 2.54 bits per heavy atom. The van der Waals surface area contributed by atoms with E-state index in [9.17, 15) is 9.59 Å². The molecule has 0 aliphatic rings. The molecule has 0 radical (unpaired) electrons. The van der Waals surface area contributed by atoms with Gasteiger partial charge in [0.2, 0.25) is 5.91 Å². The Bertz CT molecular complexity index is 732. The monoisotopic (exact) mass is 345 g/mol. The number of hydrogen-bond donors (Lipinski definition) is 2. The van der Waals surface area contributed by atoms with Gasteiger partial charge in [-0.25, -0.2) is 0 Å². The molecule has 0 saturated heterocycles. The molecule has 2 aromatic rings. The zero-order chi connectivity index (χ0) is 17.5. The van der Waals surface area contributed by atoms with E-state index < -0.39 is 0 Å². The molecule has 0 atom stereocenters. The maximum atomic E-state index is 11.9. The predicted octanol–water partition coefficient (Wildman–Crippen LogP) is 2.77. The normalized spacial score (nSPS) is 10.1. The third-order valence-corrected chi connectivity index (χ3v) is 3.77. The topological polar surface area (TPSA) is 61.4 Å². The highest BCUT2D eigenvalue weighted by Gasteiger charge is 2.09. The lowest BCUT2D eigenvalue weighted by molar-refractivity contribution is -0.119. The summed E-state index contributed by atoms with van der Waals surface area (Å²) < 4.78 is 0. The Labute approximate surface area is 146 Å². The van der Waals surface area contributed by atoms with Crippen LogP contribution in [0.25, 0.3) is 0 Å². The van der Waals surface area contributed by atoms with Crippen LogP contribution < -0.4 is 10.6 Å². The van der Waals surface area contributed by atoms with Crippen LogP contribution in [0.3, 0.4) is 0 Å². The molecular weight excluding hydrogens is 326 g/mol. The minimum absolute atomic E-state index is 0.0816. The summed E-state index contributed by atoms with van der Waals surface area (Å²) in [5.41, 5.74) is 2.16. The van der Waals surface area contributed by atoms with Crippen molar-refractivity contribution < 1.29 is 9.59 Å². The minimum Gasteiger partial charge on any atom is -0.376 e. The number of nitrogens with one attached hydrogen (secondary N) is 2. The van der Waals surface area contributed by atoms with Crippen LogP contribution in [-0.2, 0) is 11.3 Å². The molecular formula is C18H20ClN3O2. The average Bonchev–Trinajstić information content (AvgIpc) is 2.58. The molecule has 0 fully saturated rings. The third-order valence-electron chi connectivity index (χ3n) is 3.40. The van der Waals surface area contributed by atoms with Gasteiger partial charge in [-0.15, -0.1) is 0 Å². The predicted molar refractivity (Wildman–Crippen MR) is 96.2 cm³/mol. The number of amides is 2. The summed E-state index contributed by atoms with van der Waals surface area (Å²) in [6, 6.07) is 14.4. The number of hydrogen-bond acceptors (Lipinski definition) is 3. The van der Waals surface area contributed by atoms with Crippen LogP contribution in [0, 0.1) is 0 Å². The smallest absolute Gasteiger partial charge is 0.253 e. The van der Waals surface area contributed by atoms with Gasteiger partial charge in [0.1, 0.15) is 0 Å². The van der Waals surface area contributed by atoms with Crippen LogP contribution in [0.15, 0.2) is 48.5 Å². The lowest BCUT2D eigenvalue weighted by atomic mass is 10.2. The number of nitrogens with zero attached hydrogens (tertiary/aromatic N) is 1. The van der Waals surface area contributed by atoms with Gasteiger partial charge >= 0.3 is 0 Å². The zero-order valence-corrected chi connectivity index (χ0v) is 14.4. The van der Waals surface area contributed by atoms with E-state index in [-0.39, 0.29) is 18.4 Å². The summed E-state index contributed by atoms with van der Waals surface area (Å²) >= 11 is 6.05. The van der Waals surface area contributed by atoms with E-state index in [2.05, 4.69) is 10.6 Å². The number of anilines is 1. The van der Waals surface area contributed by atoms with Gasteiger partial charge in [-0.05, 0) is 29.8 Å². The van der Waals surface area contributed by atoms with Gasteiger partial charge in [0.25, 0.3) is 5.91 Å². The fourth-order valence-electron chi connectivity index (χ4n) is 2.10. The van der Waals surface area contributed by atoms with Crippen molar-refractivity contribution in [3.05, 3.63) is 64.7 Å². The summed E-state index contributed by atoms with van der Waals surface area (Å²) in [7, 11) is 3.40. The van der Waals surface area contributed by atoms with Gasteiger partial charge in [-0.3, -0.25) is 9.59 Å². The average molecular weight is 346 g/mol. The molecule has 0 aromatic heterocycles. The second-order valence-electron chi connectivity index (χ2n) is 5.50. The molecule has 2 N–H and O–H groups in total. The molecule has 0 aliphatic carbocycles. The molecule has 6 heteroatoms. The molecule has 0 bridgehead atoms. The zero-order valence-electron chi connectivity index (χ0n) is 13.7. The number of carbonyl (C=O) groups excluding carboxylic acids is 2. The highest BCUT2D eigenvalue weighted by molar-refractivity contribution is 6.31. The SMILES string of the molecule is CN(C)C(=O)c1cccc(NCC(=O)NCc2ccccc2Cl)c1. The maximum absolute atomic E-state index is 11.9. The first-order valence-corrected chi connectivity index (χ1v) is 7.91. The Kier molecular flexibility index (Phi) is 6.21. The molecule has 0 spiro atoms. The molecule has 0 saturated carbocycles. The van der Waals surface area contributed by atoms with Crippen molar-refractivity contribution in [1.82, 2.24) is 10.2 Å². The van der Waals surface area contributed by atoms with Crippen molar-refractivity contribution in [2.24, 2.45) is 0 Å². The van der Waals surface area contributed by atoms with Gasteiger partial charge in [0, 0.05) is 36.9 Å². The van der Waals surface area contributed by atoms with Crippen molar-refractivity contribution in [1.29, 1.82) is 0 Å². The van der Waals surface area contributed by atoms with Gasteiger partial charge in [-0.2, -0.15) is 0 Å². The number of benzene rings is 2. The van der Waals surface area contributed by atoms with E-state index in [1.807, 2.05) is 24.3 Å². The molecule has 126 valence electrons. The first kappa shape index (κ1) is 17.8. The highest BCUT2D eigenvalue weighted by Crippen LogP contribution is 2.14. The molecule has 0 unspecified atom stereocenters. The lowest BCUT2D eigenvalue weighted by Crippen LogP contribution is -2.29. The molecule has 0 aliphatic heterocycles. The van der Waals surface area contributed by atoms with Crippen LogP contribution in [0.2, 0.25) is 5.02 Å². The van der Waals surface area contributed by atoms with Crippen LogP contribution >= 0.6 is 11.6 Å². The van der Waals surface area contributed by atoms with E-state index in [0.29, 0.717) is 17.1 Å². The summed E-state index contributed by atoms with van der Waals surface area (Å²) in [6.07, 6.45) is 0. The van der Waals surface area contributed by atoms with Crippen LogP contribution in [-0.4, -0.2) is 37.4 Å². The Balaban J connectivity index is 1.87. The summed E-state index contributed by atoms with van der Waals surface area (Å²) in [4.78, 5) is 25.4. The Morgan fingerprint density at radius 2 is 1.83 bits per heavy atom. The van der Waals surface area contributed by atoms with Gasteiger partial charge in [-0.1, -0.05) is 35.9 Å². The maximum Gasteiger partial charge on any atom is 0.253 e. The Hall–Kier alpha value is -2.53. The summed E-state index contributed by atoms with van der Waals surface area (Å²) in [6.45, 7) is 0.489. The highest BCUT2D eigenvalue weighted by atomic mass is 35.5. The molecule has 0 heterocycles. The van der Waals surface area contributed by atoms with Gasteiger partial charge in [0.15, 0.2) is 0 Å². The fourth-order valence-corrected chi connectivity index (χ4v) is 2.30.